The Bertz CT molecular complexity index is 791. The van der Waals surface area contributed by atoms with Gasteiger partial charge in [0.1, 0.15) is 5.82 Å². The average Bonchev–Trinajstić information content (AvgIpc) is 2.86. The average molecular weight is 319 g/mol. The van der Waals surface area contributed by atoms with Crippen LogP contribution in [0, 0.1) is 0 Å². The highest BCUT2D eigenvalue weighted by Gasteiger charge is 2.15. The molecule has 2 aromatic carbocycles. The Morgan fingerprint density at radius 3 is 2.67 bits per heavy atom. The molecule has 4 heteroatoms. The summed E-state index contributed by atoms with van der Waals surface area (Å²) in [6, 6.07) is 14.3. The van der Waals surface area contributed by atoms with Crippen LogP contribution in [0.15, 0.2) is 42.5 Å². The van der Waals surface area contributed by atoms with E-state index in [-0.39, 0.29) is 0 Å². The number of halogens is 2. The van der Waals surface area contributed by atoms with Crippen LogP contribution in [-0.4, -0.2) is 9.55 Å². The number of alkyl halides is 1. The molecule has 0 bridgehead atoms. The number of nitrogens with zero attached hydrogens (tertiary/aromatic N) is 2. The van der Waals surface area contributed by atoms with E-state index in [2.05, 4.69) is 30.5 Å². The molecule has 3 rings (SSSR count). The van der Waals surface area contributed by atoms with E-state index < -0.39 is 0 Å². The number of rotatable bonds is 3. The maximum absolute atomic E-state index is 6.14. The van der Waals surface area contributed by atoms with Gasteiger partial charge in [0.05, 0.1) is 11.0 Å². The van der Waals surface area contributed by atoms with Gasteiger partial charge in [-0.25, -0.2) is 4.98 Å². The number of fused-ring (bicyclic) bond motifs is 1. The van der Waals surface area contributed by atoms with E-state index in [9.17, 15) is 0 Å². The van der Waals surface area contributed by atoms with Crippen LogP contribution in [0.4, 0.5) is 0 Å². The minimum Gasteiger partial charge on any atom is -0.321 e. The van der Waals surface area contributed by atoms with E-state index >= 15 is 0 Å². The van der Waals surface area contributed by atoms with Crippen LogP contribution in [0.3, 0.4) is 0 Å². The maximum Gasteiger partial charge on any atom is 0.141 e. The van der Waals surface area contributed by atoms with Crippen molar-refractivity contribution in [3.8, 4) is 11.4 Å². The van der Waals surface area contributed by atoms with Crippen molar-refractivity contribution in [3.05, 3.63) is 53.1 Å². The van der Waals surface area contributed by atoms with Gasteiger partial charge in [-0.1, -0.05) is 29.8 Å². The second-order valence-electron chi connectivity index (χ2n) is 5.37. The molecule has 0 aliphatic heterocycles. The molecule has 0 spiro atoms. The first-order valence-corrected chi connectivity index (χ1v) is 7.84. The van der Waals surface area contributed by atoms with E-state index in [0.29, 0.717) is 11.9 Å². The Morgan fingerprint density at radius 1 is 1.14 bits per heavy atom. The molecule has 1 heterocycles. The highest BCUT2D eigenvalue weighted by molar-refractivity contribution is 6.31. The molecule has 0 unspecified atom stereocenters. The van der Waals surface area contributed by atoms with Crippen molar-refractivity contribution in [2.75, 3.05) is 0 Å². The van der Waals surface area contributed by atoms with Crippen molar-refractivity contribution >= 4 is 34.2 Å². The lowest BCUT2D eigenvalue weighted by atomic mass is 10.1. The number of hydrogen-bond acceptors (Lipinski definition) is 1. The zero-order valence-corrected chi connectivity index (χ0v) is 13.5. The SMILES string of the molecule is CC(C)n1c(-c2cccc(CCl)c2)nc2ccc(Cl)cc21. The van der Waals surface area contributed by atoms with Gasteiger partial charge in [0.2, 0.25) is 0 Å². The monoisotopic (exact) mass is 318 g/mol. The molecule has 0 saturated heterocycles. The molecule has 0 N–H and O–H groups in total. The van der Waals surface area contributed by atoms with Crippen LogP contribution in [-0.2, 0) is 5.88 Å². The summed E-state index contributed by atoms with van der Waals surface area (Å²) in [5.41, 5.74) is 4.19. The van der Waals surface area contributed by atoms with Crippen molar-refractivity contribution in [1.82, 2.24) is 9.55 Å². The molecule has 0 saturated carbocycles. The van der Waals surface area contributed by atoms with Crippen molar-refractivity contribution in [1.29, 1.82) is 0 Å². The Labute approximate surface area is 134 Å². The molecule has 0 aliphatic carbocycles. The van der Waals surface area contributed by atoms with Gasteiger partial charge in [0, 0.05) is 22.5 Å². The van der Waals surface area contributed by atoms with Gasteiger partial charge < -0.3 is 4.57 Å². The highest BCUT2D eigenvalue weighted by Crippen LogP contribution is 2.30. The number of aromatic nitrogens is 2. The van der Waals surface area contributed by atoms with Crippen molar-refractivity contribution in [3.63, 3.8) is 0 Å². The molecule has 2 nitrogen and oxygen atoms in total. The van der Waals surface area contributed by atoms with Crippen molar-refractivity contribution in [2.45, 2.75) is 25.8 Å². The van der Waals surface area contributed by atoms with E-state index in [1.807, 2.05) is 30.3 Å². The molecule has 3 aromatic rings. The van der Waals surface area contributed by atoms with Crippen LogP contribution >= 0.6 is 23.2 Å². The molecule has 0 atom stereocenters. The van der Waals surface area contributed by atoms with Gasteiger partial charge in [-0.2, -0.15) is 0 Å². The lowest BCUT2D eigenvalue weighted by Gasteiger charge is -2.13. The summed E-state index contributed by atoms with van der Waals surface area (Å²) in [7, 11) is 0. The Morgan fingerprint density at radius 2 is 1.95 bits per heavy atom. The minimum atomic E-state index is 0.295. The third kappa shape index (κ3) is 2.66. The molecule has 0 fully saturated rings. The lowest BCUT2D eigenvalue weighted by molar-refractivity contribution is 0.624. The van der Waals surface area contributed by atoms with Crippen LogP contribution in [0.2, 0.25) is 5.02 Å². The fourth-order valence-corrected chi connectivity index (χ4v) is 2.92. The first-order chi connectivity index (χ1) is 10.1. The van der Waals surface area contributed by atoms with Gasteiger partial charge in [0.25, 0.3) is 0 Å². The van der Waals surface area contributed by atoms with Crippen LogP contribution in [0.5, 0.6) is 0 Å². The Kier molecular flexibility index (Phi) is 3.92. The third-order valence-electron chi connectivity index (χ3n) is 3.51. The van der Waals surface area contributed by atoms with Crippen molar-refractivity contribution in [2.24, 2.45) is 0 Å². The first kappa shape index (κ1) is 14.4. The first-order valence-electron chi connectivity index (χ1n) is 6.93. The minimum absolute atomic E-state index is 0.295. The van der Waals surface area contributed by atoms with Gasteiger partial charge >= 0.3 is 0 Å². The zero-order chi connectivity index (χ0) is 15.0. The van der Waals surface area contributed by atoms with Crippen LogP contribution < -0.4 is 0 Å². The molecule has 1 aromatic heterocycles. The number of hydrogen-bond donors (Lipinski definition) is 0. The zero-order valence-electron chi connectivity index (χ0n) is 12.0. The summed E-state index contributed by atoms with van der Waals surface area (Å²) < 4.78 is 2.22. The van der Waals surface area contributed by atoms with Gasteiger partial charge in [-0.15, -0.1) is 11.6 Å². The molecule has 108 valence electrons. The fraction of sp³-hybridized carbons (Fsp3) is 0.235. The maximum atomic E-state index is 6.14. The molecule has 21 heavy (non-hydrogen) atoms. The predicted octanol–water partition coefficient (Wildman–Crippen LogP) is 5.68. The van der Waals surface area contributed by atoms with Gasteiger partial charge in [0.15, 0.2) is 0 Å². The highest BCUT2D eigenvalue weighted by atomic mass is 35.5. The second-order valence-corrected chi connectivity index (χ2v) is 6.07. The summed E-state index contributed by atoms with van der Waals surface area (Å²) in [6.07, 6.45) is 0. The van der Waals surface area contributed by atoms with Gasteiger partial charge in [-0.3, -0.25) is 0 Å². The molecular weight excluding hydrogens is 303 g/mol. The van der Waals surface area contributed by atoms with E-state index in [1.54, 1.807) is 0 Å². The number of benzene rings is 2. The largest absolute Gasteiger partial charge is 0.321 e. The van der Waals surface area contributed by atoms with Gasteiger partial charge in [-0.05, 0) is 43.7 Å². The Balaban J connectivity index is 2.28. The quantitative estimate of drug-likeness (QED) is 0.568. The van der Waals surface area contributed by atoms with E-state index in [1.165, 1.54) is 0 Å². The molecular formula is C17H16Cl2N2. The molecule has 0 radical (unpaired) electrons. The third-order valence-corrected chi connectivity index (χ3v) is 4.05. The number of imidazole rings is 1. The summed E-state index contributed by atoms with van der Waals surface area (Å²) in [4.78, 5) is 4.78. The van der Waals surface area contributed by atoms with Crippen LogP contribution in [0.25, 0.3) is 22.4 Å². The lowest BCUT2D eigenvalue weighted by Crippen LogP contribution is -2.03. The summed E-state index contributed by atoms with van der Waals surface area (Å²) >= 11 is 12.1. The summed E-state index contributed by atoms with van der Waals surface area (Å²) in [5, 5.41) is 0.727. The second kappa shape index (κ2) is 5.70. The van der Waals surface area contributed by atoms with Crippen molar-refractivity contribution < 1.29 is 0 Å². The molecule has 0 aliphatic rings. The summed E-state index contributed by atoms with van der Waals surface area (Å²) in [6.45, 7) is 4.30. The summed E-state index contributed by atoms with van der Waals surface area (Å²) in [5.74, 6) is 1.45. The van der Waals surface area contributed by atoms with E-state index in [0.717, 1.165) is 33.0 Å². The fourth-order valence-electron chi connectivity index (χ4n) is 2.59. The van der Waals surface area contributed by atoms with E-state index in [4.69, 9.17) is 28.2 Å². The predicted molar refractivity (Wildman–Crippen MR) is 90.1 cm³/mol. The Hall–Kier alpha value is -1.51. The normalized spacial score (nSPS) is 11.5. The molecule has 0 amide bonds. The van der Waals surface area contributed by atoms with Crippen LogP contribution in [0.1, 0.15) is 25.5 Å². The standard InChI is InChI=1S/C17H16Cl2N2/c1-11(2)21-16-9-14(19)6-7-15(16)20-17(21)13-5-3-4-12(8-13)10-18/h3-9,11H,10H2,1-2H3. The smallest absolute Gasteiger partial charge is 0.141 e. The topological polar surface area (TPSA) is 17.8 Å².